The van der Waals surface area contributed by atoms with E-state index >= 15 is 0 Å². The highest BCUT2D eigenvalue weighted by molar-refractivity contribution is 5.81. The summed E-state index contributed by atoms with van der Waals surface area (Å²) in [5.74, 6) is 1.17. The van der Waals surface area contributed by atoms with Gasteiger partial charge < -0.3 is 9.42 Å². The van der Waals surface area contributed by atoms with E-state index in [-0.39, 0.29) is 0 Å². The van der Waals surface area contributed by atoms with Crippen molar-refractivity contribution in [2.45, 2.75) is 13.8 Å². The molecule has 0 saturated heterocycles. The molecule has 0 fully saturated rings. The highest BCUT2D eigenvalue weighted by atomic mass is 16.5. The molecule has 0 spiro atoms. The lowest BCUT2D eigenvalue weighted by atomic mass is 10.0. The van der Waals surface area contributed by atoms with E-state index in [1.807, 2.05) is 46.1 Å². The number of nitrogens with zero attached hydrogens (tertiary/aromatic N) is 6. The quantitative estimate of drug-likeness (QED) is 0.537. The number of hydrogen-bond donors (Lipinski definition) is 0. The molecule has 7 nitrogen and oxygen atoms in total. The molecule has 3 heterocycles. The highest BCUT2D eigenvalue weighted by Gasteiger charge is 2.20. The lowest BCUT2D eigenvalue weighted by molar-refractivity contribution is 0.426. The first-order valence-corrected chi connectivity index (χ1v) is 8.89. The van der Waals surface area contributed by atoms with Gasteiger partial charge in [-0.2, -0.15) is 0 Å². The molecule has 3 aromatic heterocycles. The minimum Gasteiger partial charge on any atom is -0.378 e. The van der Waals surface area contributed by atoms with Gasteiger partial charge in [0.05, 0.1) is 28.8 Å². The van der Waals surface area contributed by atoms with Crippen molar-refractivity contribution in [3.8, 4) is 34.1 Å². The molecule has 0 aliphatic heterocycles. The molecule has 4 aromatic rings. The fourth-order valence-corrected chi connectivity index (χ4v) is 3.00. The lowest BCUT2D eigenvalue weighted by Crippen LogP contribution is -2.08. The second-order valence-corrected chi connectivity index (χ2v) is 6.72. The minimum absolute atomic E-state index is 0.525. The van der Waals surface area contributed by atoms with E-state index in [4.69, 9.17) is 9.51 Å². The van der Waals surface area contributed by atoms with Gasteiger partial charge in [-0.25, -0.2) is 15.0 Å². The fraction of sp³-hybridized carbons (Fsp3) is 0.190. The van der Waals surface area contributed by atoms with Gasteiger partial charge in [-0.05, 0) is 26.0 Å². The highest BCUT2D eigenvalue weighted by Crippen LogP contribution is 2.35. The number of anilines is 1. The molecule has 0 aliphatic carbocycles. The van der Waals surface area contributed by atoms with Crippen LogP contribution in [0, 0.1) is 13.8 Å². The number of benzene rings is 1. The van der Waals surface area contributed by atoms with Crippen molar-refractivity contribution in [2.24, 2.45) is 0 Å². The molecule has 0 atom stereocenters. The smallest absolute Gasteiger partial charge is 0.180 e. The van der Waals surface area contributed by atoms with Crippen LogP contribution in [0.25, 0.3) is 34.1 Å². The van der Waals surface area contributed by atoms with E-state index in [2.05, 4.69) is 37.1 Å². The zero-order valence-corrected chi connectivity index (χ0v) is 16.2. The van der Waals surface area contributed by atoms with Gasteiger partial charge in [-0.3, -0.25) is 4.98 Å². The summed E-state index contributed by atoms with van der Waals surface area (Å²) < 4.78 is 5.53. The predicted molar refractivity (Wildman–Crippen MR) is 108 cm³/mol. The molecule has 0 N–H and O–H groups in total. The Morgan fingerprint density at radius 1 is 0.964 bits per heavy atom. The number of aromatic nitrogens is 5. The average molecular weight is 372 g/mol. The first-order chi connectivity index (χ1) is 13.5. The van der Waals surface area contributed by atoms with E-state index in [0.717, 1.165) is 33.9 Å². The third-order valence-electron chi connectivity index (χ3n) is 4.41. The Morgan fingerprint density at radius 3 is 2.36 bits per heavy atom. The molecule has 28 heavy (non-hydrogen) atoms. The maximum atomic E-state index is 5.53. The first kappa shape index (κ1) is 17.8. The monoisotopic (exact) mass is 372 g/mol. The van der Waals surface area contributed by atoms with E-state index in [9.17, 15) is 0 Å². The van der Waals surface area contributed by atoms with Crippen LogP contribution >= 0.6 is 0 Å². The Kier molecular flexibility index (Phi) is 4.57. The van der Waals surface area contributed by atoms with Gasteiger partial charge in [-0.1, -0.05) is 17.3 Å². The van der Waals surface area contributed by atoms with E-state index in [1.165, 1.54) is 0 Å². The summed E-state index contributed by atoms with van der Waals surface area (Å²) in [6.07, 6.45) is 4.92. The Balaban J connectivity index is 1.93. The Labute approximate surface area is 163 Å². The lowest BCUT2D eigenvalue weighted by Gasteiger charge is -2.14. The fourth-order valence-electron chi connectivity index (χ4n) is 3.00. The molecule has 0 unspecified atom stereocenters. The molecule has 4 rings (SSSR count). The Bertz CT molecular complexity index is 1100. The maximum absolute atomic E-state index is 5.53. The van der Waals surface area contributed by atoms with Crippen molar-refractivity contribution >= 4 is 5.69 Å². The maximum Gasteiger partial charge on any atom is 0.180 e. The van der Waals surface area contributed by atoms with Crippen molar-refractivity contribution in [3.63, 3.8) is 0 Å². The zero-order chi connectivity index (χ0) is 19.7. The van der Waals surface area contributed by atoms with Crippen LogP contribution in [0.3, 0.4) is 0 Å². The molecular weight excluding hydrogens is 352 g/mol. The molecule has 0 bridgehead atoms. The van der Waals surface area contributed by atoms with Crippen LogP contribution in [0.4, 0.5) is 5.69 Å². The van der Waals surface area contributed by atoms with Gasteiger partial charge in [0, 0.05) is 43.8 Å². The normalized spacial score (nSPS) is 10.9. The van der Waals surface area contributed by atoms with Crippen molar-refractivity contribution in [1.29, 1.82) is 0 Å². The van der Waals surface area contributed by atoms with Gasteiger partial charge in [0.15, 0.2) is 11.6 Å². The third-order valence-corrected chi connectivity index (χ3v) is 4.41. The van der Waals surface area contributed by atoms with Gasteiger partial charge in [0.1, 0.15) is 5.69 Å². The summed E-state index contributed by atoms with van der Waals surface area (Å²) in [6.45, 7) is 3.83. The molecule has 140 valence electrons. The van der Waals surface area contributed by atoms with Gasteiger partial charge in [0.25, 0.3) is 0 Å². The van der Waals surface area contributed by atoms with E-state index in [0.29, 0.717) is 17.3 Å². The summed E-state index contributed by atoms with van der Waals surface area (Å²) in [5, 5.41) is 4.03. The molecule has 7 heteroatoms. The van der Waals surface area contributed by atoms with Crippen LogP contribution in [-0.4, -0.2) is 39.2 Å². The van der Waals surface area contributed by atoms with Crippen LogP contribution in [0.5, 0.6) is 0 Å². The summed E-state index contributed by atoms with van der Waals surface area (Å²) >= 11 is 0. The van der Waals surface area contributed by atoms with Crippen LogP contribution in [0.15, 0.2) is 53.4 Å². The van der Waals surface area contributed by atoms with Crippen molar-refractivity contribution < 1.29 is 4.52 Å². The average Bonchev–Trinajstić information content (AvgIpc) is 3.14. The van der Waals surface area contributed by atoms with E-state index < -0.39 is 0 Å². The summed E-state index contributed by atoms with van der Waals surface area (Å²) in [4.78, 5) is 20.0. The summed E-state index contributed by atoms with van der Waals surface area (Å²) in [7, 11) is 4.03. The second kappa shape index (κ2) is 7.19. The molecule has 0 amide bonds. The minimum atomic E-state index is 0.525. The van der Waals surface area contributed by atoms with Gasteiger partial charge in [0.2, 0.25) is 0 Å². The molecule has 0 saturated carbocycles. The standard InChI is InChI=1S/C21H20N6O/c1-13-11-18(28-26-13)19-14(2)24-21(17-12-22-9-10-23-17)25-20(19)15-5-7-16(8-6-15)27(3)4/h5-12H,1-4H3. The zero-order valence-electron chi connectivity index (χ0n) is 16.2. The predicted octanol–water partition coefficient (Wildman–Crippen LogP) is 3.94. The van der Waals surface area contributed by atoms with Gasteiger partial charge >= 0.3 is 0 Å². The molecule has 0 radical (unpaired) electrons. The number of aryl methyl sites for hydroxylation is 2. The molecule has 1 aromatic carbocycles. The van der Waals surface area contributed by atoms with Crippen LogP contribution < -0.4 is 4.90 Å². The first-order valence-electron chi connectivity index (χ1n) is 8.89. The summed E-state index contributed by atoms with van der Waals surface area (Å²) in [6, 6.07) is 10.1. The second-order valence-electron chi connectivity index (χ2n) is 6.72. The SMILES string of the molecule is Cc1cc(-c2c(C)nc(-c3cnccn3)nc2-c2ccc(N(C)C)cc2)on1. The number of hydrogen-bond acceptors (Lipinski definition) is 7. The van der Waals surface area contributed by atoms with E-state index in [1.54, 1.807) is 18.6 Å². The Hall–Kier alpha value is -3.61. The number of rotatable bonds is 4. The Morgan fingerprint density at radius 2 is 1.75 bits per heavy atom. The van der Waals surface area contributed by atoms with Gasteiger partial charge in [-0.15, -0.1) is 0 Å². The van der Waals surface area contributed by atoms with Crippen molar-refractivity contribution in [2.75, 3.05) is 19.0 Å². The topological polar surface area (TPSA) is 80.8 Å². The molecular formula is C21H20N6O. The third kappa shape index (κ3) is 3.34. The van der Waals surface area contributed by atoms with Crippen molar-refractivity contribution in [3.05, 3.63) is 60.3 Å². The van der Waals surface area contributed by atoms with Crippen LogP contribution in [0.2, 0.25) is 0 Å². The largest absolute Gasteiger partial charge is 0.378 e. The van der Waals surface area contributed by atoms with Crippen LogP contribution in [-0.2, 0) is 0 Å². The van der Waals surface area contributed by atoms with Crippen LogP contribution in [0.1, 0.15) is 11.4 Å². The van der Waals surface area contributed by atoms with Crippen molar-refractivity contribution in [1.82, 2.24) is 25.1 Å². The summed E-state index contributed by atoms with van der Waals surface area (Å²) in [5.41, 5.74) is 5.89. The molecule has 0 aliphatic rings.